The molecule has 0 amide bonds. The predicted octanol–water partition coefficient (Wildman–Crippen LogP) is 3.17. The molecule has 1 heterocycles. The van der Waals surface area contributed by atoms with Gasteiger partial charge in [-0.05, 0) is 42.2 Å². The van der Waals surface area contributed by atoms with Crippen molar-refractivity contribution in [2.24, 2.45) is 0 Å². The number of benzene rings is 2. The number of fused-ring (bicyclic) bond motifs is 1. The number of hydrogen-bond acceptors (Lipinski definition) is 2. The third kappa shape index (κ3) is 2.76. The zero-order valence-electron chi connectivity index (χ0n) is 13.1. The van der Waals surface area contributed by atoms with Crippen LogP contribution in [0.25, 0.3) is 10.8 Å². The fourth-order valence-electron chi connectivity index (χ4n) is 2.98. The fourth-order valence-corrected chi connectivity index (χ4v) is 4.58. The lowest BCUT2D eigenvalue weighted by molar-refractivity contribution is 0.351. The lowest BCUT2D eigenvalue weighted by Crippen LogP contribution is -2.41. The smallest absolute Gasteiger partial charge is 0.195 e. The minimum Gasteiger partial charge on any atom is -0.195 e. The van der Waals surface area contributed by atoms with Gasteiger partial charge < -0.3 is 0 Å². The maximum Gasteiger partial charge on any atom is 0.282 e. The van der Waals surface area contributed by atoms with Crippen molar-refractivity contribution < 1.29 is 8.42 Å². The molecule has 0 radical (unpaired) electrons. The molecule has 2 aromatic carbocycles. The second kappa shape index (κ2) is 5.99. The molecular weight excluding hydrogens is 296 g/mol. The molecule has 0 saturated carbocycles. The molecule has 22 heavy (non-hydrogen) atoms. The Hall–Kier alpha value is -1.43. The Kier molecular flexibility index (Phi) is 4.21. The summed E-state index contributed by atoms with van der Waals surface area (Å²) >= 11 is 0. The molecule has 2 aromatic rings. The predicted molar refractivity (Wildman–Crippen MR) is 89.9 cm³/mol. The molecule has 1 unspecified atom stereocenters. The Labute approximate surface area is 132 Å². The van der Waals surface area contributed by atoms with Crippen molar-refractivity contribution in [1.82, 2.24) is 8.61 Å². The van der Waals surface area contributed by atoms with Gasteiger partial charge in [-0.3, -0.25) is 0 Å². The van der Waals surface area contributed by atoms with Crippen LogP contribution in [0.5, 0.6) is 0 Å². The van der Waals surface area contributed by atoms with Crippen molar-refractivity contribution in [1.29, 1.82) is 0 Å². The van der Waals surface area contributed by atoms with E-state index in [9.17, 15) is 8.42 Å². The van der Waals surface area contributed by atoms with Crippen molar-refractivity contribution in [2.75, 3.05) is 20.1 Å². The van der Waals surface area contributed by atoms with Gasteiger partial charge in [-0.15, -0.1) is 0 Å². The highest BCUT2D eigenvalue weighted by atomic mass is 32.2. The van der Waals surface area contributed by atoms with Crippen LogP contribution in [0.2, 0.25) is 0 Å². The summed E-state index contributed by atoms with van der Waals surface area (Å²) in [5.41, 5.74) is 1.02. The van der Waals surface area contributed by atoms with Crippen molar-refractivity contribution >= 4 is 21.0 Å². The van der Waals surface area contributed by atoms with Gasteiger partial charge in [0.15, 0.2) is 0 Å². The van der Waals surface area contributed by atoms with E-state index in [4.69, 9.17) is 0 Å². The van der Waals surface area contributed by atoms with Crippen molar-refractivity contribution in [2.45, 2.75) is 25.8 Å². The molecule has 5 heteroatoms. The van der Waals surface area contributed by atoms with Crippen molar-refractivity contribution in [3.8, 4) is 0 Å². The molecule has 3 rings (SSSR count). The van der Waals surface area contributed by atoms with E-state index in [0.717, 1.165) is 23.8 Å². The Bertz CT molecular complexity index is 767. The second-order valence-electron chi connectivity index (χ2n) is 5.91. The van der Waals surface area contributed by atoms with Crippen molar-refractivity contribution in [3.63, 3.8) is 0 Å². The minimum absolute atomic E-state index is 0.185. The molecule has 1 saturated heterocycles. The molecule has 1 aliphatic rings. The van der Waals surface area contributed by atoms with Gasteiger partial charge in [0.2, 0.25) is 0 Å². The van der Waals surface area contributed by atoms with Crippen LogP contribution in [0, 0.1) is 0 Å². The van der Waals surface area contributed by atoms with Crippen LogP contribution in [0.4, 0.5) is 0 Å². The van der Waals surface area contributed by atoms with E-state index in [2.05, 4.69) is 24.3 Å². The third-order valence-electron chi connectivity index (χ3n) is 4.56. The van der Waals surface area contributed by atoms with Crippen molar-refractivity contribution in [3.05, 3.63) is 48.0 Å². The summed E-state index contributed by atoms with van der Waals surface area (Å²) < 4.78 is 28.4. The summed E-state index contributed by atoms with van der Waals surface area (Å²) in [7, 11) is -1.70. The molecule has 1 atom stereocenters. The Morgan fingerprint density at radius 2 is 1.68 bits per heavy atom. The molecule has 0 bridgehead atoms. The highest BCUT2D eigenvalue weighted by Crippen LogP contribution is 2.27. The van der Waals surface area contributed by atoms with Gasteiger partial charge in [0.25, 0.3) is 10.2 Å². The van der Waals surface area contributed by atoms with E-state index in [0.29, 0.717) is 13.1 Å². The first kappa shape index (κ1) is 15.5. The molecule has 0 spiro atoms. The van der Waals surface area contributed by atoms with Crippen LogP contribution >= 0.6 is 0 Å². The third-order valence-corrected chi connectivity index (χ3v) is 6.62. The highest BCUT2D eigenvalue weighted by molar-refractivity contribution is 7.86. The zero-order chi connectivity index (χ0) is 15.7. The number of rotatable bonds is 4. The summed E-state index contributed by atoms with van der Waals surface area (Å²) in [5, 5.41) is 2.31. The first-order chi connectivity index (χ1) is 10.5. The van der Waals surface area contributed by atoms with Crippen LogP contribution < -0.4 is 0 Å². The normalized spacial score (nSPS) is 18.1. The summed E-state index contributed by atoms with van der Waals surface area (Å²) in [6.07, 6.45) is 1.91. The van der Waals surface area contributed by atoms with Crippen LogP contribution in [0.15, 0.2) is 42.5 Å². The van der Waals surface area contributed by atoms with Gasteiger partial charge >= 0.3 is 0 Å². The maximum atomic E-state index is 12.7. The lowest BCUT2D eigenvalue weighted by Gasteiger charge is -2.29. The first-order valence-corrected chi connectivity index (χ1v) is 9.11. The standard InChI is InChI=1S/C17H22N2O2S/c1-14(18(2)22(20,21)19-11-5-6-12-19)16-10-9-15-7-3-4-8-17(15)13-16/h3-4,7-10,13-14H,5-6,11-12H2,1-2H3. The summed E-state index contributed by atoms with van der Waals surface area (Å²) in [6, 6.07) is 14.1. The quantitative estimate of drug-likeness (QED) is 0.869. The van der Waals surface area contributed by atoms with E-state index in [1.807, 2.05) is 25.1 Å². The van der Waals surface area contributed by atoms with Gasteiger partial charge in [-0.25, -0.2) is 0 Å². The molecule has 118 valence electrons. The number of nitrogens with zero attached hydrogens (tertiary/aromatic N) is 2. The summed E-state index contributed by atoms with van der Waals surface area (Å²) in [5.74, 6) is 0. The van der Waals surface area contributed by atoms with E-state index in [1.54, 1.807) is 11.4 Å². The lowest BCUT2D eigenvalue weighted by atomic mass is 10.0. The van der Waals surface area contributed by atoms with E-state index in [-0.39, 0.29) is 6.04 Å². The Morgan fingerprint density at radius 1 is 1.05 bits per heavy atom. The molecule has 0 N–H and O–H groups in total. The summed E-state index contributed by atoms with van der Waals surface area (Å²) in [6.45, 7) is 3.21. The molecule has 0 aliphatic carbocycles. The summed E-state index contributed by atoms with van der Waals surface area (Å²) in [4.78, 5) is 0. The van der Waals surface area contributed by atoms with Crippen LogP contribution in [-0.2, 0) is 10.2 Å². The zero-order valence-corrected chi connectivity index (χ0v) is 13.9. The average molecular weight is 318 g/mol. The topological polar surface area (TPSA) is 40.6 Å². The van der Waals surface area contributed by atoms with Crippen LogP contribution in [-0.4, -0.2) is 37.2 Å². The minimum atomic E-state index is -3.37. The monoisotopic (exact) mass is 318 g/mol. The Balaban J connectivity index is 1.89. The highest BCUT2D eigenvalue weighted by Gasteiger charge is 2.32. The van der Waals surface area contributed by atoms with Gasteiger partial charge in [-0.2, -0.15) is 17.0 Å². The average Bonchev–Trinajstić information content (AvgIpc) is 3.08. The van der Waals surface area contributed by atoms with Gasteiger partial charge in [0.05, 0.1) is 0 Å². The fraction of sp³-hybridized carbons (Fsp3) is 0.412. The second-order valence-corrected chi connectivity index (χ2v) is 7.90. The molecule has 4 nitrogen and oxygen atoms in total. The van der Waals surface area contributed by atoms with Crippen LogP contribution in [0.1, 0.15) is 31.4 Å². The van der Waals surface area contributed by atoms with Gasteiger partial charge in [0.1, 0.15) is 0 Å². The maximum absolute atomic E-state index is 12.7. The molecular formula is C17H22N2O2S. The molecule has 0 aromatic heterocycles. The molecule has 1 fully saturated rings. The van der Waals surface area contributed by atoms with E-state index in [1.165, 1.54) is 9.69 Å². The van der Waals surface area contributed by atoms with Gasteiger partial charge in [-0.1, -0.05) is 36.4 Å². The largest absolute Gasteiger partial charge is 0.282 e. The Morgan fingerprint density at radius 3 is 2.36 bits per heavy atom. The molecule has 1 aliphatic heterocycles. The van der Waals surface area contributed by atoms with Crippen LogP contribution in [0.3, 0.4) is 0 Å². The first-order valence-electron chi connectivity index (χ1n) is 7.72. The van der Waals surface area contributed by atoms with E-state index < -0.39 is 10.2 Å². The van der Waals surface area contributed by atoms with E-state index >= 15 is 0 Å². The SMILES string of the molecule is CC(c1ccc2ccccc2c1)N(C)S(=O)(=O)N1CCCC1. The van der Waals surface area contributed by atoms with Gasteiger partial charge in [0, 0.05) is 26.2 Å². The number of hydrogen-bond donors (Lipinski definition) is 0.